The highest BCUT2D eigenvalue weighted by atomic mass is 16.5. The van der Waals surface area contributed by atoms with E-state index in [-0.39, 0.29) is 11.9 Å². The second-order valence-electron chi connectivity index (χ2n) is 5.21. The van der Waals surface area contributed by atoms with Crippen molar-refractivity contribution in [2.45, 2.75) is 44.4 Å². The van der Waals surface area contributed by atoms with Gasteiger partial charge in [-0.05, 0) is 24.5 Å². The van der Waals surface area contributed by atoms with E-state index in [1.807, 2.05) is 31.2 Å². The Labute approximate surface area is 113 Å². The van der Waals surface area contributed by atoms with Crippen molar-refractivity contribution >= 4 is 5.91 Å². The number of carbonyl (C=O) groups excluding carboxylic acids is 1. The molecule has 104 valence electrons. The van der Waals surface area contributed by atoms with Gasteiger partial charge in [-0.1, -0.05) is 31.2 Å². The SMILES string of the molecule is CCC(C)(OC)C(=O)N[C@@H]1c2ccccc2C[C@@H]1O. The van der Waals surface area contributed by atoms with Crippen LogP contribution in [0.5, 0.6) is 0 Å². The summed E-state index contributed by atoms with van der Waals surface area (Å²) in [5, 5.41) is 13.0. The number of ether oxygens (including phenoxy) is 1. The zero-order chi connectivity index (χ0) is 14.0. The molecule has 4 nitrogen and oxygen atoms in total. The zero-order valence-corrected chi connectivity index (χ0v) is 11.6. The summed E-state index contributed by atoms with van der Waals surface area (Å²) in [6.07, 6.45) is 0.593. The quantitative estimate of drug-likeness (QED) is 0.867. The van der Waals surface area contributed by atoms with Gasteiger partial charge in [-0.3, -0.25) is 4.79 Å². The molecule has 1 aliphatic rings. The number of amides is 1. The molecule has 1 aromatic rings. The maximum Gasteiger partial charge on any atom is 0.252 e. The number of methoxy groups -OCH3 is 1. The average molecular weight is 263 g/mol. The average Bonchev–Trinajstić information content (AvgIpc) is 2.74. The predicted octanol–water partition coefficient (Wildman–Crippen LogP) is 1.58. The first-order valence-electron chi connectivity index (χ1n) is 6.64. The Bertz CT molecular complexity index is 468. The van der Waals surface area contributed by atoms with Crippen molar-refractivity contribution in [1.29, 1.82) is 0 Å². The Morgan fingerprint density at radius 2 is 2.21 bits per heavy atom. The van der Waals surface area contributed by atoms with E-state index in [1.165, 1.54) is 7.11 Å². The predicted molar refractivity (Wildman–Crippen MR) is 72.7 cm³/mol. The Kier molecular flexibility index (Phi) is 3.92. The third kappa shape index (κ3) is 2.51. The number of rotatable bonds is 4. The molecule has 2 rings (SSSR count). The van der Waals surface area contributed by atoms with Gasteiger partial charge in [0.1, 0.15) is 5.60 Å². The number of fused-ring (bicyclic) bond motifs is 1. The van der Waals surface area contributed by atoms with Crippen molar-refractivity contribution in [2.24, 2.45) is 0 Å². The van der Waals surface area contributed by atoms with Gasteiger partial charge in [0, 0.05) is 13.5 Å². The number of hydrogen-bond acceptors (Lipinski definition) is 3. The van der Waals surface area contributed by atoms with Crippen LogP contribution >= 0.6 is 0 Å². The summed E-state index contributed by atoms with van der Waals surface area (Å²) in [6.45, 7) is 3.66. The molecule has 0 heterocycles. The summed E-state index contributed by atoms with van der Waals surface area (Å²) in [4.78, 5) is 12.3. The van der Waals surface area contributed by atoms with Gasteiger partial charge in [0.05, 0.1) is 12.1 Å². The van der Waals surface area contributed by atoms with Crippen molar-refractivity contribution in [2.75, 3.05) is 7.11 Å². The molecule has 0 bridgehead atoms. The lowest BCUT2D eigenvalue weighted by Gasteiger charge is -2.28. The number of aliphatic hydroxyl groups is 1. The van der Waals surface area contributed by atoms with Gasteiger partial charge in [0.2, 0.25) is 0 Å². The van der Waals surface area contributed by atoms with Crippen LogP contribution in [-0.2, 0) is 16.0 Å². The van der Waals surface area contributed by atoms with E-state index in [4.69, 9.17) is 4.74 Å². The van der Waals surface area contributed by atoms with Crippen LogP contribution in [0.3, 0.4) is 0 Å². The van der Waals surface area contributed by atoms with Crippen LogP contribution in [-0.4, -0.2) is 29.8 Å². The lowest BCUT2D eigenvalue weighted by Crippen LogP contribution is -2.48. The van der Waals surface area contributed by atoms with Crippen molar-refractivity contribution < 1.29 is 14.6 Å². The van der Waals surface area contributed by atoms with Gasteiger partial charge in [0.15, 0.2) is 0 Å². The summed E-state index contributed by atoms with van der Waals surface area (Å²) in [7, 11) is 1.53. The van der Waals surface area contributed by atoms with E-state index in [1.54, 1.807) is 6.92 Å². The first-order chi connectivity index (χ1) is 9.01. The first kappa shape index (κ1) is 14.0. The molecule has 1 amide bonds. The number of carbonyl (C=O) groups is 1. The van der Waals surface area contributed by atoms with E-state index < -0.39 is 11.7 Å². The maximum atomic E-state index is 12.3. The van der Waals surface area contributed by atoms with Crippen LogP contribution in [0.25, 0.3) is 0 Å². The second kappa shape index (κ2) is 5.31. The zero-order valence-electron chi connectivity index (χ0n) is 11.6. The molecule has 0 aliphatic heterocycles. The minimum atomic E-state index is -0.850. The standard InChI is InChI=1S/C15H21NO3/c1-4-15(2,19-3)14(18)16-13-11-8-6-5-7-10(11)9-12(13)17/h5-8,12-13,17H,4,9H2,1-3H3,(H,16,18)/t12-,13+,15?/m0/s1. The Balaban J connectivity index is 2.18. The fraction of sp³-hybridized carbons (Fsp3) is 0.533. The molecule has 1 aromatic carbocycles. The number of nitrogens with one attached hydrogen (secondary N) is 1. The number of benzene rings is 1. The Morgan fingerprint density at radius 1 is 1.53 bits per heavy atom. The molecule has 0 spiro atoms. The van der Waals surface area contributed by atoms with Gasteiger partial charge in [-0.25, -0.2) is 0 Å². The topological polar surface area (TPSA) is 58.6 Å². The second-order valence-corrected chi connectivity index (χ2v) is 5.21. The molecule has 0 radical (unpaired) electrons. The molecule has 2 N–H and O–H groups in total. The molecule has 0 aromatic heterocycles. The monoisotopic (exact) mass is 263 g/mol. The number of aliphatic hydroxyl groups excluding tert-OH is 1. The van der Waals surface area contributed by atoms with E-state index in [2.05, 4.69) is 5.32 Å². The Hall–Kier alpha value is -1.39. The molecule has 0 saturated carbocycles. The highest BCUT2D eigenvalue weighted by molar-refractivity contribution is 5.85. The van der Waals surface area contributed by atoms with Crippen LogP contribution in [0.2, 0.25) is 0 Å². The molecule has 3 atom stereocenters. The summed E-state index contributed by atoms with van der Waals surface area (Å²) >= 11 is 0. The van der Waals surface area contributed by atoms with E-state index >= 15 is 0 Å². The summed E-state index contributed by atoms with van der Waals surface area (Å²) in [5.74, 6) is -0.182. The molecule has 0 fully saturated rings. The maximum absolute atomic E-state index is 12.3. The van der Waals surface area contributed by atoms with Gasteiger partial charge >= 0.3 is 0 Å². The van der Waals surface area contributed by atoms with Gasteiger partial charge in [-0.15, -0.1) is 0 Å². The minimum Gasteiger partial charge on any atom is -0.390 e. The fourth-order valence-corrected chi connectivity index (χ4v) is 2.44. The van der Waals surface area contributed by atoms with Gasteiger partial charge in [0.25, 0.3) is 5.91 Å². The van der Waals surface area contributed by atoms with E-state index in [0.717, 1.165) is 11.1 Å². The highest BCUT2D eigenvalue weighted by Gasteiger charge is 2.37. The van der Waals surface area contributed by atoms with Crippen LogP contribution < -0.4 is 5.32 Å². The first-order valence-corrected chi connectivity index (χ1v) is 6.64. The molecular weight excluding hydrogens is 242 g/mol. The van der Waals surface area contributed by atoms with E-state index in [0.29, 0.717) is 12.8 Å². The minimum absolute atomic E-state index is 0.182. The largest absolute Gasteiger partial charge is 0.390 e. The molecule has 1 aliphatic carbocycles. The van der Waals surface area contributed by atoms with Crippen LogP contribution in [0.4, 0.5) is 0 Å². The summed E-state index contributed by atoms with van der Waals surface area (Å²) < 4.78 is 5.29. The van der Waals surface area contributed by atoms with Crippen molar-refractivity contribution in [3.8, 4) is 0 Å². The highest BCUT2D eigenvalue weighted by Crippen LogP contribution is 2.32. The van der Waals surface area contributed by atoms with E-state index in [9.17, 15) is 9.90 Å². The third-order valence-corrected chi connectivity index (χ3v) is 4.10. The molecular formula is C15H21NO3. The van der Waals surface area contributed by atoms with Crippen molar-refractivity contribution in [3.63, 3.8) is 0 Å². The lowest BCUT2D eigenvalue weighted by atomic mass is 10.0. The summed E-state index contributed by atoms with van der Waals surface area (Å²) in [6, 6.07) is 7.46. The van der Waals surface area contributed by atoms with Crippen molar-refractivity contribution in [3.05, 3.63) is 35.4 Å². The Morgan fingerprint density at radius 3 is 2.84 bits per heavy atom. The molecule has 1 unspecified atom stereocenters. The smallest absolute Gasteiger partial charge is 0.252 e. The van der Waals surface area contributed by atoms with Gasteiger partial charge < -0.3 is 15.2 Å². The van der Waals surface area contributed by atoms with Gasteiger partial charge in [-0.2, -0.15) is 0 Å². The third-order valence-electron chi connectivity index (χ3n) is 4.10. The van der Waals surface area contributed by atoms with Crippen molar-refractivity contribution in [1.82, 2.24) is 5.32 Å². The molecule has 19 heavy (non-hydrogen) atoms. The van der Waals surface area contributed by atoms with Crippen LogP contribution in [0.1, 0.15) is 37.4 Å². The normalized spacial score (nSPS) is 24.6. The summed E-state index contributed by atoms with van der Waals surface area (Å²) in [5.41, 5.74) is 1.24. The lowest BCUT2D eigenvalue weighted by molar-refractivity contribution is -0.143. The number of hydrogen-bond donors (Lipinski definition) is 2. The molecule has 0 saturated heterocycles. The van der Waals surface area contributed by atoms with Crippen LogP contribution in [0.15, 0.2) is 24.3 Å². The fourth-order valence-electron chi connectivity index (χ4n) is 2.44. The van der Waals surface area contributed by atoms with Crippen LogP contribution in [0, 0.1) is 0 Å². The molecule has 4 heteroatoms.